The van der Waals surface area contributed by atoms with E-state index in [9.17, 15) is 13.6 Å². The maximum atomic E-state index is 13.5. The number of aryl methyl sites for hydroxylation is 1. The van der Waals surface area contributed by atoms with Crippen LogP contribution in [-0.4, -0.2) is 5.91 Å². The van der Waals surface area contributed by atoms with Crippen molar-refractivity contribution >= 4 is 28.6 Å². The number of hydrogen-bond donors (Lipinski definition) is 2. The average Bonchev–Trinajstić information content (AvgIpc) is 2.72. The highest BCUT2D eigenvalue weighted by Crippen LogP contribution is 2.23. The van der Waals surface area contributed by atoms with Crippen molar-refractivity contribution in [2.24, 2.45) is 0 Å². The number of anilines is 2. The Hall–Kier alpha value is -1.95. The molecule has 0 aliphatic heterocycles. The summed E-state index contributed by atoms with van der Waals surface area (Å²) in [4.78, 5) is 12.0. The van der Waals surface area contributed by atoms with Crippen LogP contribution in [-0.2, 0) is 0 Å². The minimum Gasteiger partial charge on any atom is -0.397 e. The standard InChI is InChI=1S/C12H10F2N2OS/c1-6-4-8(14)10(5-7(6)13)16-12(17)11-9(15)2-3-18-11/h2-5H,15H2,1H3,(H,16,17). The number of hydrogen-bond acceptors (Lipinski definition) is 3. The Bertz CT molecular complexity index is 610. The van der Waals surface area contributed by atoms with Gasteiger partial charge in [0.2, 0.25) is 0 Å². The third-order valence-electron chi connectivity index (χ3n) is 2.40. The van der Waals surface area contributed by atoms with Gasteiger partial charge in [0.15, 0.2) is 0 Å². The summed E-state index contributed by atoms with van der Waals surface area (Å²) in [5, 5.41) is 3.95. The number of halogens is 2. The van der Waals surface area contributed by atoms with Gasteiger partial charge in [-0.25, -0.2) is 8.78 Å². The predicted molar refractivity (Wildman–Crippen MR) is 67.8 cm³/mol. The minimum atomic E-state index is -0.683. The number of carbonyl (C=O) groups is 1. The van der Waals surface area contributed by atoms with Crippen molar-refractivity contribution in [3.8, 4) is 0 Å². The van der Waals surface area contributed by atoms with Gasteiger partial charge in [-0.2, -0.15) is 0 Å². The fourth-order valence-corrected chi connectivity index (χ4v) is 2.14. The number of nitrogens with two attached hydrogens (primary N) is 1. The second kappa shape index (κ2) is 4.73. The smallest absolute Gasteiger partial charge is 0.267 e. The Balaban J connectivity index is 2.28. The fourth-order valence-electron chi connectivity index (χ4n) is 1.42. The zero-order chi connectivity index (χ0) is 13.3. The maximum absolute atomic E-state index is 13.5. The maximum Gasteiger partial charge on any atom is 0.267 e. The molecule has 0 aliphatic carbocycles. The van der Waals surface area contributed by atoms with Crippen molar-refractivity contribution in [3.05, 3.63) is 45.7 Å². The lowest BCUT2D eigenvalue weighted by Crippen LogP contribution is -2.13. The van der Waals surface area contributed by atoms with Crippen molar-refractivity contribution in [3.63, 3.8) is 0 Å². The van der Waals surface area contributed by atoms with Gasteiger partial charge in [0.25, 0.3) is 5.91 Å². The topological polar surface area (TPSA) is 55.1 Å². The van der Waals surface area contributed by atoms with Gasteiger partial charge >= 0.3 is 0 Å². The summed E-state index contributed by atoms with van der Waals surface area (Å²) in [7, 11) is 0. The zero-order valence-electron chi connectivity index (χ0n) is 9.46. The molecule has 2 aromatic rings. The Kier molecular flexibility index (Phi) is 3.29. The second-order valence-electron chi connectivity index (χ2n) is 3.74. The molecule has 0 saturated heterocycles. The molecule has 1 aromatic carbocycles. The first kappa shape index (κ1) is 12.5. The molecule has 0 saturated carbocycles. The molecule has 3 N–H and O–H groups in total. The Labute approximate surface area is 106 Å². The molecule has 0 bridgehead atoms. The summed E-state index contributed by atoms with van der Waals surface area (Å²) in [6, 6.07) is 3.56. The Morgan fingerprint density at radius 2 is 2.06 bits per heavy atom. The number of benzene rings is 1. The molecule has 6 heteroatoms. The van der Waals surface area contributed by atoms with Gasteiger partial charge < -0.3 is 11.1 Å². The zero-order valence-corrected chi connectivity index (χ0v) is 10.3. The van der Waals surface area contributed by atoms with Crippen molar-refractivity contribution in [2.45, 2.75) is 6.92 Å². The molecule has 94 valence electrons. The third-order valence-corrected chi connectivity index (χ3v) is 3.33. The third kappa shape index (κ3) is 2.33. The SMILES string of the molecule is Cc1cc(F)c(NC(=O)c2sccc2N)cc1F. The van der Waals surface area contributed by atoms with Crippen molar-refractivity contribution in [2.75, 3.05) is 11.1 Å². The first-order chi connectivity index (χ1) is 8.49. The lowest BCUT2D eigenvalue weighted by Gasteiger charge is -2.07. The number of amides is 1. The van der Waals surface area contributed by atoms with E-state index < -0.39 is 17.5 Å². The van der Waals surface area contributed by atoms with Crippen LogP contribution in [0, 0.1) is 18.6 Å². The van der Waals surface area contributed by atoms with Crippen LogP contribution in [0.1, 0.15) is 15.2 Å². The monoisotopic (exact) mass is 268 g/mol. The summed E-state index contributed by atoms with van der Waals surface area (Å²) in [5.41, 5.74) is 5.86. The first-order valence-corrected chi connectivity index (χ1v) is 5.97. The summed E-state index contributed by atoms with van der Waals surface area (Å²) in [6.07, 6.45) is 0. The van der Waals surface area contributed by atoms with Crippen LogP contribution >= 0.6 is 11.3 Å². The van der Waals surface area contributed by atoms with Gasteiger partial charge in [0.05, 0.1) is 11.4 Å². The van der Waals surface area contributed by atoms with Gasteiger partial charge in [-0.15, -0.1) is 11.3 Å². The quantitative estimate of drug-likeness (QED) is 0.879. The molecule has 2 rings (SSSR count). The lowest BCUT2D eigenvalue weighted by atomic mass is 10.2. The van der Waals surface area contributed by atoms with E-state index in [1.807, 2.05) is 0 Å². The number of nitrogen functional groups attached to an aromatic ring is 1. The molecule has 1 heterocycles. The summed E-state index contributed by atoms with van der Waals surface area (Å²) in [6.45, 7) is 1.45. The van der Waals surface area contributed by atoms with Crippen LogP contribution in [0.5, 0.6) is 0 Å². The van der Waals surface area contributed by atoms with E-state index in [0.717, 1.165) is 23.5 Å². The van der Waals surface area contributed by atoms with Gasteiger partial charge in [-0.1, -0.05) is 0 Å². The van der Waals surface area contributed by atoms with Crippen LogP contribution in [0.3, 0.4) is 0 Å². The predicted octanol–water partition coefficient (Wildman–Crippen LogP) is 3.17. The first-order valence-electron chi connectivity index (χ1n) is 5.09. The number of thiophene rings is 1. The van der Waals surface area contributed by atoms with Crippen LogP contribution in [0.4, 0.5) is 20.2 Å². The van der Waals surface area contributed by atoms with Crippen molar-refractivity contribution in [1.29, 1.82) is 0 Å². The molecule has 0 unspecified atom stereocenters. The van der Waals surface area contributed by atoms with E-state index in [0.29, 0.717) is 5.69 Å². The molecule has 3 nitrogen and oxygen atoms in total. The van der Waals surface area contributed by atoms with Crippen molar-refractivity contribution in [1.82, 2.24) is 0 Å². The molecule has 0 atom stereocenters. The largest absolute Gasteiger partial charge is 0.397 e. The highest BCUT2D eigenvalue weighted by molar-refractivity contribution is 7.12. The van der Waals surface area contributed by atoms with Gasteiger partial charge in [-0.3, -0.25) is 4.79 Å². The highest BCUT2D eigenvalue weighted by atomic mass is 32.1. The van der Waals surface area contributed by atoms with Gasteiger partial charge in [0, 0.05) is 6.07 Å². The van der Waals surface area contributed by atoms with Crippen LogP contribution in [0.15, 0.2) is 23.6 Å². The Morgan fingerprint density at radius 1 is 1.33 bits per heavy atom. The number of carbonyl (C=O) groups excluding carboxylic acids is 1. The summed E-state index contributed by atoms with van der Waals surface area (Å²) in [5.74, 6) is -1.81. The molecule has 0 fully saturated rings. The number of rotatable bonds is 2. The van der Waals surface area contributed by atoms with E-state index in [1.54, 1.807) is 11.4 Å². The molecular weight excluding hydrogens is 258 g/mol. The second-order valence-corrected chi connectivity index (χ2v) is 4.66. The molecule has 0 radical (unpaired) electrons. The molecule has 1 amide bonds. The van der Waals surface area contributed by atoms with Crippen LogP contribution < -0.4 is 11.1 Å². The lowest BCUT2D eigenvalue weighted by molar-refractivity contribution is 0.103. The fraction of sp³-hybridized carbons (Fsp3) is 0.0833. The van der Waals surface area contributed by atoms with E-state index in [-0.39, 0.29) is 16.1 Å². The van der Waals surface area contributed by atoms with Crippen LogP contribution in [0.25, 0.3) is 0 Å². The molecular formula is C12H10F2N2OS. The summed E-state index contributed by atoms with van der Waals surface area (Å²) >= 11 is 1.14. The molecule has 1 aromatic heterocycles. The van der Waals surface area contributed by atoms with Crippen molar-refractivity contribution < 1.29 is 13.6 Å². The Morgan fingerprint density at radius 3 is 2.67 bits per heavy atom. The van der Waals surface area contributed by atoms with E-state index in [1.165, 1.54) is 6.92 Å². The van der Waals surface area contributed by atoms with Gasteiger partial charge in [0.1, 0.15) is 16.5 Å². The summed E-state index contributed by atoms with van der Waals surface area (Å²) < 4.78 is 26.8. The van der Waals surface area contributed by atoms with Gasteiger partial charge in [-0.05, 0) is 30.0 Å². The minimum absolute atomic E-state index is 0.182. The average molecular weight is 268 g/mol. The van der Waals surface area contributed by atoms with Crippen LogP contribution in [0.2, 0.25) is 0 Å². The normalized spacial score (nSPS) is 10.4. The molecule has 0 spiro atoms. The van der Waals surface area contributed by atoms with E-state index in [2.05, 4.69) is 5.32 Å². The molecule has 18 heavy (non-hydrogen) atoms. The molecule has 0 aliphatic rings. The van der Waals surface area contributed by atoms with E-state index in [4.69, 9.17) is 5.73 Å². The number of nitrogens with one attached hydrogen (secondary N) is 1. The van der Waals surface area contributed by atoms with E-state index >= 15 is 0 Å². The highest BCUT2D eigenvalue weighted by Gasteiger charge is 2.14.